The standard InChI is InChI=1S/2C9H14O4/c1-3-4-5-13-9(12)7(2)6-8(10)11;1-2-3-4-5-7(9(12)13)6-8(10)11/h2-6H2,1H3,(H,10,11);5H,2-4,6H2,1H3,(H,10,11)(H,12,13). The maximum absolute atomic E-state index is 11.0. The Morgan fingerprint density at radius 1 is 0.923 bits per heavy atom. The van der Waals surface area contributed by atoms with Gasteiger partial charge >= 0.3 is 23.9 Å². The summed E-state index contributed by atoms with van der Waals surface area (Å²) in [5, 5.41) is 25.3. The highest BCUT2D eigenvalue weighted by Gasteiger charge is 2.11. The predicted octanol–water partition coefficient (Wildman–Crippen LogP) is 3.02. The minimum Gasteiger partial charge on any atom is -0.481 e. The molecule has 0 fully saturated rings. The smallest absolute Gasteiger partial charge is 0.333 e. The van der Waals surface area contributed by atoms with Crippen molar-refractivity contribution in [1.29, 1.82) is 0 Å². The third kappa shape index (κ3) is 16.2. The van der Waals surface area contributed by atoms with Gasteiger partial charge in [0.2, 0.25) is 0 Å². The summed E-state index contributed by atoms with van der Waals surface area (Å²) in [5.74, 6) is -3.93. The topological polar surface area (TPSA) is 138 Å². The van der Waals surface area contributed by atoms with Crippen LogP contribution in [0, 0.1) is 0 Å². The number of rotatable bonds is 12. The number of carboxylic acids is 3. The van der Waals surface area contributed by atoms with E-state index in [-0.39, 0.29) is 17.6 Å². The number of hydrogen-bond donors (Lipinski definition) is 3. The van der Waals surface area contributed by atoms with Crippen LogP contribution in [0.3, 0.4) is 0 Å². The lowest BCUT2D eigenvalue weighted by Crippen LogP contribution is -2.11. The average Bonchev–Trinajstić information content (AvgIpc) is 2.53. The molecule has 0 atom stereocenters. The summed E-state index contributed by atoms with van der Waals surface area (Å²) in [5.41, 5.74) is -0.0375. The van der Waals surface area contributed by atoms with Crippen molar-refractivity contribution in [3.8, 4) is 0 Å². The first-order valence-electron chi connectivity index (χ1n) is 8.36. The van der Waals surface area contributed by atoms with E-state index < -0.39 is 30.3 Å². The molecule has 0 amide bonds. The normalized spacial score (nSPS) is 10.3. The zero-order valence-corrected chi connectivity index (χ0v) is 15.3. The van der Waals surface area contributed by atoms with Gasteiger partial charge in [0.25, 0.3) is 0 Å². The van der Waals surface area contributed by atoms with Gasteiger partial charge < -0.3 is 20.1 Å². The maximum atomic E-state index is 11.0. The molecule has 0 aromatic carbocycles. The number of carbonyl (C=O) groups is 4. The van der Waals surface area contributed by atoms with E-state index >= 15 is 0 Å². The fourth-order valence-corrected chi connectivity index (χ4v) is 1.54. The first-order chi connectivity index (χ1) is 12.1. The largest absolute Gasteiger partial charge is 0.481 e. The van der Waals surface area contributed by atoms with Gasteiger partial charge in [-0.2, -0.15) is 0 Å². The summed E-state index contributed by atoms with van der Waals surface area (Å²) in [6.45, 7) is 7.61. The molecule has 0 rings (SSSR count). The molecule has 0 aromatic heterocycles. The van der Waals surface area contributed by atoms with Crippen LogP contribution in [-0.4, -0.2) is 45.8 Å². The Kier molecular flexibility index (Phi) is 15.6. The molecule has 0 aliphatic carbocycles. The minimum absolute atomic E-state index is 0.0106. The number of hydrogen-bond acceptors (Lipinski definition) is 5. The number of carboxylic acid groups (broad SMARTS) is 3. The van der Waals surface area contributed by atoms with Crippen LogP contribution < -0.4 is 0 Å². The van der Waals surface area contributed by atoms with E-state index in [1.54, 1.807) is 0 Å². The van der Waals surface area contributed by atoms with E-state index in [0.717, 1.165) is 25.7 Å². The van der Waals surface area contributed by atoms with Crippen LogP contribution in [0.15, 0.2) is 23.8 Å². The summed E-state index contributed by atoms with van der Waals surface area (Å²) in [4.78, 5) is 41.9. The molecule has 0 aliphatic rings. The Bertz CT molecular complexity index is 519. The van der Waals surface area contributed by atoms with Crippen LogP contribution in [0.4, 0.5) is 0 Å². The molecule has 3 N–H and O–H groups in total. The second-order valence-electron chi connectivity index (χ2n) is 5.41. The van der Waals surface area contributed by atoms with Gasteiger partial charge in [0.1, 0.15) is 0 Å². The van der Waals surface area contributed by atoms with Gasteiger partial charge in [-0.05, 0) is 12.8 Å². The third-order valence-electron chi connectivity index (χ3n) is 2.95. The first-order valence-corrected chi connectivity index (χ1v) is 8.36. The molecule has 26 heavy (non-hydrogen) atoms. The van der Waals surface area contributed by atoms with Gasteiger partial charge in [0, 0.05) is 11.1 Å². The van der Waals surface area contributed by atoms with Crippen molar-refractivity contribution in [2.24, 2.45) is 0 Å². The molecule has 0 aliphatic heterocycles. The van der Waals surface area contributed by atoms with Gasteiger partial charge in [-0.3, -0.25) is 9.59 Å². The third-order valence-corrected chi connectivity index (χ3v) is 2.95. The predicted molar refractivity (Wildman–Crippen MR) is 94.8 cm³/mol. The van der Waals surface area contributed by atoms with Crippen molar-refractivity contribution < 1.29 is 39.2 Å². The van der Waals surface area contributed by atoms with Crippen LogP contribution in [0.5, 0.6) is 0 Å². The molecular formula is C18H28O8. The molecule has 148 valence electrons. The zero-order chi connectivity index (χ0) is 20.5. The molecule has 0 unspecified atom stereocenters. The monoisotopic (exact) mass is 372 g/mol. The van der Waals surface area contributed by atoms with Crippen molar-refractivity contribution in [2.75, 3.05) is 6.61 Å². The lowest BCUT2D eigenvalue weighted by Gasteiger charge is -2.03. The molecule has 0 radical (unpaired) electrons. The van der Waals surface area contributed by atoms with Gasteiger partial charge in [0.15, 0.2) is 0 Å². The fourth-order valence-electron chi connectivity index (χ4n) is 1.54. The van der Waals surface area contributed by atoms with Crippen molar-refractivity contribution in [2.45, 2.75) is 58.8 Å². The molecule has 0 bridgehead atoms. The SMILES string of the molecule is C=C(CC(=O)O)C(=O)OCCCC.CCCCC=C(CC(=O)O)C(=O)O. The van der Waals surface area contributed by atoms with E-state index in [9.17, 15) is 19.2 Å². The van der Waals surface area contributed by atoms with Gasteiger partial charge in [-0.15, -0.1) is 0 Å². The first kappa shape index (κ1) is 25.6. The summed E-state index contributed by atoms with van der Waals surface area (Å²) in [7, 11) is 0. The quantitative estimate of drug-likeness (QED) is 0.270. The minimum atomic E-state index is -1.14. The Hall–Kier alpha value is -2.64. The Balaban J connectivity index is 0. The lowest BCUT2D eigenvalue weighted by molar-refractivity contribution is -0.142. The summed E-state index contributed by atoms with van der Waals surface area (Å²) in [6.07, 6.45) is 4.92. The molecular weight excluding hydrogens is 344 g/mol. The molecule has 0 saturated carbocycles. The van der Waals surface area contributed by atoms with Crippen LogP contribution in [0.2, 0.25) is 0 Å². The summed E-state index contributed by atoms with van der Waals surface area (Å²) >= 11 is 0. The molecule has 8 nitrogen and oxygen atoms in total. The van der Waals surface area contributed by atoms with E-state index in [1.165, 1.54) is 6.08 Å². The van der Waals surface area contributed by atoms with Gasteiger partial charge in [-0.25, -0.2) is 9.59 Å². The number of carbonyl (C=O) groups excluding carboxylic acids is 1. The second kappa shape index (κ2) is 15.9. The maximum Gasteiger partial charge on any atom is 0.333 e. The van der Waals surface area contributed by atoms with Gasteiger partial charge in [0.05, 0.1) is 19.4 Å². The fraction of sp³-hybridized carbons (Fsp3) is 0.556. The van der Waals surface area contributed by atoms with E-state index in [2.05, 4.69) is 6.58 Å². The summed E-state index contributed by atoms with van der Waals surface area (Å²) < 4.78 is 4.74. The Morgan fingerprint density at radius 3 is 1.88 bits per heavy atom. The van der Waals surface area contributed by atoms with Crippen LogP contribution in [-0.2, 0) is 23.9 Å². The number of allylic oxidation sites excluding steroid dienone is 1. The number of ether oxygens (including phenoxy) is 1. The van der Waals surface area contributed by atoms with E-state index in [1.807, 2.05) is 13.8 Å². The van der Waals surface area contributed by atoms with E-state index in [0.29, 0.717) is 13.0 Å². The van der Waals surface area contributed by atoms with Crippen LogP contribution in [0.1, 0.15) is 58.8 Å². The molecule has 0 saturated heterocycles. The lowest BCUT2D eigenvalue weighted by atomic mass is 10.1. The van der Waals surface area contributed by atoms with Crippen molar-refractivity contribution >= 4 is 23.9 Å². The number of esters is 1. The van der Waals surface area contributed by atoms with Crippen LogP contribution >= 0.6 is 0 Å². The highest BCUT2D eigenvalue weighted by molar-refractivity contribution is 5.93. The van der Waals surface area contributed by atoms with Crippen molar-refractivity contribution in [3.63, 3.8) is 0 Å². The zero-order valence-electron chi connectivity index (χ0n) is 15.3. The number of aliphatic carboxylic acids is 3. The number of unbranched alkanes of at least 4 members (excludes halogenated alkanes) is 3. The van der Waals surface area contributed by atoms with Crippen LogP contribution in [0.25, 0.3) is 0 Å². The van der Waals surface area contributed by atoms with Crippen molar-refractivity contribution in [1.82, 2.24) is 0 Å². The Labute approximate surface area is 153 Å². The Morgan fingerprint density at radius 2 is 1.46 bits per heavy atom. The second-order valence-corrected chi connectivity index (χ2v) is 5.41. The molecule has 8 heteroatoms. The molecule has 0 heterocycles. The highest BCUT2D eigenvalue weighted by Crippen LogP contribution is 2.06. The van der Waals surface area contributed by atoms with Gasteiger partial charge in [-0.1, -0.05) is 45.8 Å². The van der Waals surface area contributed by atoms with E-state index in [4.69, 9.17) is 20.1 Å². The highest BCUT2D eigenvalue weighted by atomic mass is 16.5. The average molecular weight is 372 g/mol. The summed E-state index contributed by atoms with van der Waals surface area (Å²) in [6, 6.07) is 0. The molecule has 0 aromatic rings. The molecule has 0 spiro atoms. The van der Waals surface area contributed by atoms with Crippen molar-refractivity contribution in [3.05, 3.63) is 23.8 Å².